The monoisotopic (exact) mass is 425 g/mol. The van der Waals surface area contributed by atoms with Gasteiger partial charge in [0.25, 0.3) is 5.91 Å². The standard InChI is InChI=1S/C22H23N3O4S/c1-4-29-18-9-10-19-16(12-18)11-14(2)22(23-19)30-13-20(26)24-25-21(27)15-5-7-17(28-3)8-6-15/h5-12H,4,13H2,1-3H3,(H,24,26)(H,25,27). The van der Waals surface area contributed by atoms with Crippen LogP contribution >= 0.6 is 11.8 Å². The van der Waals surface area contributed by atoms with E-state index < -0.39 is 5.91 Å². The number of fused-ring (bicyclic) bond motifs is 1. The van der Waals surface area contributed by atoms with Crippen LogP contribution in [0, 0.1) is 6.92 Å². The molecular formula is C22H23N3O4S. The molecule has 0 fully saturated rings. The average molecular weight is 426 g/mol. The van der Waals surface area contributed by atoms with E-state index >= 15 is 0 Å². The summed E-state index contributed by atoms with van der Waals surface area (Å²) in [5, 5.41) is 1.75. The molecule has 1 aromatic heterocycles. The van der Waals surface area contributed by atoms with E-state index in [9.17, 15) is 9.59 Å². The van der Waals surface area contributed by atoms with Gasteiger partial charge in [-0.05, 0) is 67.9 Å². The molecule has 0 saturated carbocycles. The number of ether oxygens (including phenoxy) is 2. The second-order valence-corrected chi connectivity index (χ2v) is 7.38. The molecule has 2 N–H and O–H groups in total. The number of carbonyl (C=O) groups is 2. The zero-order chi connectivity index (χ0) is 21.5. The Hall–Kier alpha value is -3.26. The first-order valence-corrected chi connectivity index (χ1v) is 10.4. The molecule has 0 saturated heterocycles. The number of hydrazine groups is 1. The number of carbonyl (C=O) groups excluding carboxylic acids is 2. The Kier molecular flexibility index (Phi) is 7.13. The van der Waals surface area contributed by atoms with Crippen molar-refractivity contribution in [3.05, 3.63) is 59.7 Å². The number of rotatable bonds is 7. The summed E-state index contributed by atoms with van der Waals surface area (Å²) in [5.74, 6) is 0.855. The first kappa shape index (κ1) is 21.4. The van der Waals surface area contributed by atoms with E-state index in [4.69, 9.17) is 9.47 Å². The Bertz CT molecular complexity index is 1050. The first-order valence-electron chi connectivity index (χ1n) is 9.40. The summed E-state index contributed by atoms with van der Waals surface area (Å²) >= 11 is 1.31. The molecule has 0 bridgehead atoms. The number of aryl methyl sites for hydroxylation is 1. The lowest BCUT2D eigenvalue weighted by molar-refractivity contribution is -0.119. The van der Waals surface area contributed by atoms with Crippen molar-refractivity contribution in [3.63, 3.8) is 0 Å². The fourth-order valence-electron chi connectivity index (χ4n) is 2.76. The lowest BCUT2D eigenvalue weighted by atomic mass is 10.1. The van der Waals surface area contributed by atoms with Crippen LogP contribution < -0.4 is 20.3 Å². The smallest absolute Gasteiger partial charge is 0.269 e. The van der Waals surface area contributed by atoms with Crippen molar-refractivity contribution in [2.75, 3.05) is 19.5 Å². The zero-order valence-electron chi connectivity index (χ0n) is 17.0. The fourth-order valence-corrected chi connectivity index (χ4v) is 3.55. The molecule has 0 aliphatic carbocycles. The second kappa shape index (κ2) is 9.98. The van der Waals surface area contributed by atoms with Gasteiger partial charge in [0.05, 0.1) is 25.0 Å². The molecular weight excluding hydrogens is 402 g/mol. The van der Waals surface area contributed by atoms with E-state index in [1.165, 1.54) is 11.8 Å². The van der Waals surface area contributed by atoms with Gasteiger partial charge in [-0.2, -0.15) is 0 Å². The number of nitrogens with one attached hydrogen (secondary N) is 2. The molecule has 7 nitrogen and oxygen atoms in total. The van der Waals surface area contributed by atoms with Gasteiger partial charge in [0.1, 0.15) is 16.5 Å². The minimum Gasteiger partial charge on any atom is -0.497 e. The van der Waals surface area contributed by atoms with Gasteiger partial charge >= 0.3 is 0 Å². The Morgan fingerprint density at radius 3 is 2.47 bits per heavy atom. The summed E-state index contributed by atoms with van der Waals surface area (Å²) < 4.78 is 10.6. The fraction of sp³-hybridized carbons (Fsp3) is 0.227. The van der Waals surface area contributed by atoms with Crippen molar-refractivity contribution in [2.45, 2.75) is 18.9 Å². The third-order valence-electron chi connectivity index (χ3n) is 4.25. The highest BCUT2D eigenvalue weighted by Crippen LogP contribution is 2.26. The highest BCUT2D eigenvalue weighted by atomic mass is 32.2. The highest BCUT2D eigenvalue weighted by molar-refractivity contribution is 7.99. The topological polar surface area (TPSA) is 89.5 Å². The maximum atomic E-state index is 12.1. The van der Waals surface area contributed by atoms with Crippen LogP contribution in [-0.2, 0) is 4.79 Å². The summed E-state index contributed by atoms with van der Waals surface area (Å²) in [7, 11) is 1.55. The molecule has 0 unspecified atom stereocenters. The summed E-state index contributed by atoms with van der Waals surface area (Å²) in [6.45, 7) is 4.50. The minimum atomic E-state index is -0.402. The van der Waals surface area contributed by atoms with Crippen LogP contribution in [0.5, 0.6) is 11.5 Å². The maximum Gasteiger partial charge on any atom is 0.269 e. The van der Waals surface area contributed by atoms with Crippen LogP contribution in [0.3, 0.4) is 0 Å². The summed E-state index contributed by atoms with van der Waals surface area (Å²) in [6.07, 6.45) is 0. The number of amides is 2. The van der Waals surface area contributed by atoms with Gasteiger partial charge in [-0.3, -0.25) is 20.4 Å². The molecule has 1 heterocycles. The molecule has 30 heavy (non-hydrogen) atoms. The van der Waals surface area contributed by atoms with Crippen LogP contribution in [0.4, 0.5) is 0 Å². The Morgan fingerprint density at radius 1 is 1.03 bits per heavy atom. The number of hydrogen-bond acceptors (Lipinski definition) is 6. The number of benzene rings is 2. The Balaban J connectivity index is 1.55. The van der Waals surface area contributed by atoms with Crippen LogP contribution in [0.25, 0.3) is 10.9 Å². The number of pyridine rings is 1. The Morgan fingerprint density at radius 2 is 1.77 bits per heavy atom. The lowest BCUT2D eigenvalue weighted by Crippen LogP contribution is -2.42. The number of hydrogen-bond donors (Lipinski definition) is 2. The van der Waals surface area contributed by atoms with Crippen molar-refractivity contribution in [1.29, 1.82) is 0 Å². The predicted molar refractivity (Wildman–Crippen MR) is 117 cm³/mol. The van der Waals surface area contributed by atoms with E-state index in [0.29, 0.717) is 17.9 Å². The van der Waals surface area contributed by atoms with Gasteiger partial charge in [-0.25, -0.2) is 4.98 Å². The Labute approximate surface area is 179 Å². The normalized spacial score (nSPS) is 10.5. The van der Waals surface area contributed by atoms with Gasteiger partial charge in [-0.1, -0.05) is 11.8 Å². The van der Waals surface area contributed by atoms with Crippen LogP contribution in [0.2, 0.25) is 0 Å². The number of methoxy groups -OCH3 is 1. The van der Waals surface area contributed by atoms with Gasteiger partial charge in [0.15, 0.2) is 0 Å². The van der Waals surface area contributed by atoms with Gasteiger partial charge in [0.2, 0.25) is 5.91 Å². The molecule has 2 aromatic carbocycles. The first-order chi connectivity index (χ1) is 14.5. The SMILES string of the molecule is CCOc1ccc2nc(SCC(=O)NNC(=O)c3ccc(OC)cc3)c(C)cc2c1. The van der Waals surface area contributed by atoms with Crippen molar-refractivity contribution in [3.8, 4) is 11.5 Å². The quantitative estimate of drug-likeness (QED) is 0.445. The van der Waals surface area contributed by atoms with Gasteiger partial charge < -0.3 is 9.47 Å². The van der Waals surface area contributed by atoms with Crippen molar-refractivity contribution in [1.82, 2.24) is 15.8 Å². The van der Waals surface area contributed by atoms with Crippen molar-refractivity contribution < 1.29 is 19.1 Å². The van der Waals surface area contributed by atoms with Gasteiger partial charge in [0, 0.05) is 10.9 Å². The zero-order valence-corrected chi connectivity index (χ0v) is 17.8. The molecule has 156 valence electrons. The molecule has 0 atom stereocenters. The van der Waals surface area contributed by atoms with Crippen LogP contribution in [-0.4, -0.2) is 36.3 Å². The molecule has 2 amide bonds. The predicted octanol–water partition coefficient (Wildman–Crippen LogP) is 3.50. The number of nitrogens with zero attached hydrogens (tertiary/aromatic N) is 1. The summed E-state index contributed by atoms with van der Waals surface area (Å²) in [5.41, 5.74) is 7.05. The molecule has 3 aromatic rings. The average Bonchev–Trinajstić information content (AvgIpc) is 2.76. The molecule has 0 aliphatic rings. The van der Waals surface area contributed by atoms with E-state index in [-0.39, 0.29) is 11.7 Å². The van der Waals surface area contributed by atoms with Crippen LogP contribution in [0.15, 0.2) is 53.6 Å². The molecule has 8 heteroatoms. The number of aromatic nitrogens is 1. The third kappa shape index (κ3) is 5.42. The maximum absolute atomic E-state index is 12.1. The van der Waals surface area contributed by atoms with Crippen molar-refractivity contribution >= 4 is 34.5 Å². The van der Waals surface area contributed by atoms with E-state index in [0.717, 1.165) is 27.2 Å². The minimum absolute atomic E-state index is 0.124. The molecule has 0 spiro atoms. The van der Waals surface area contributed by atoms with Crippen molar-refractivity contribution in [2.24, 2.45) is 0 Å². The summed E-state index contributed by atoms with van der Waals surface area (Å²) in [6, 6.07) is 14.4. The highest BCUT2D eigenvalue weighted by Gasteiger charge is 2.11. The molecule has 0 aliphatic heterocycles. The third-order valence-corrected chi connectivity index (χ3v) is 5.34. The van der Waals surface area contributed by atoms with E-state index in [2.05, 4.69) is 15.8 Å². The molecule has 3 rings (SSSR count). The van der Waals surface area contributed by atoms with Gasteiger partial charge in [-0.15, -0.1) is 0 Å². The molecule has 0 radical (unpaired) electrons. The number of thioether (sulfide) groups is 1. The van der Waals surface area contributed by atoms with E-state index in [1.807, 2.05) is 38.1 Å². The van der Waals surface area contributed by atoms with E-state index in [1.54, 1.807) is 31.4 Å². The van der Waals surface area contributed by atoms with Crippen LogP contribution in [0.1, 0.15) is 22.8 Å². The second-order valence-electron chi connectivity index (χ2n) is 6.42. The largest absolute Gasteiger partial charge is 0.497 e. The summed E-state index contributed by atoms with van der Waals surface area (Å²) in [4.78, 5) is 28.9. The lowest BCUT2D eigenvalue weighted by Gasteiger charge is -2.10.